The van der Waals surface area contributed by atoms with E-state index in [-0.39, 0.29) is 0 Å². The molecule has 0 N–H and O–H groups in total. The van der Waals surface area contributed by atoms with Gasteiger partial charge in [0.25, 0.3) is 0 Å². The number of hydrogen-bond donors (Lipinski definition) is 0. The van der Waals surface area contributed by atoms with Gasteiger partial charge in [0.05, 0.1) is 5.52 Å². The van der Waals surface area contributed by atoms with Crippen LogP contribution in [0.3, 0.4) is 0 Å². The molecule has 1 aromatic heterocycles. The third-order valence-corrected chi connectivity index (χ3v) is 5.70. The van der Waals surface area contributed by atoms with Gasteiger partial charge in [-0.2, -0.15) is 0 Å². The Hall–Kier alpha value is -0.760. The Balaban J connectivity index is 2.08. The van der Waals surface area contributed by atoms with Crippen LogP contribution in [0, 0.1) is 3.57 Å². The number of hydrogen-bond acceptors (Lipinski definition) is 4. The lowest BCUT2D eigenvalue weighted by Crippen LogP contribution is -2.34. The Morgan fingerprint density at radius 1 is 1.35 bits per heavy atom. The van der Waals surface area contributed by atoms with E-state index >= 15 is 0 Å². The SMILES string of the molecule is C[C@H]1CC[S@@](=O)CCN1c1ncnc2ccc(I)cc12. The summed E-state index contributed by atoms with van der Waals surface area (Å²) >= 11 is 2.31. The summed E-state index contributed by atoms with van der Waals surface area (Å²) in [5, 5.41) is 1.08. The van der Waals surface area contributed by atoms with Crippen LogP contribution in [0.25, 0.3) is 10.9 Å². The Bertz CT molecular complexity index is 664. The van der Waals surface area contributed by atoms with Crippen LogP contribution in [0.2, 0.25) is 0 Å². The standard InChI is InChI=1S/C14H16IN3OS/c1-10-4-6-20(19)7-5-18(10)14-12-8-11(15)2-3-13(12)16-9-17-14/h2-3,8-10H,4-7H2,1H3/t10-,20+/m0/s1. The predicted octanol–water partition coefficient (Wildman–Crippen LogP) is 2.58. The molecule has 1 aliphatic heterocycles. The van der Waals surface area contributed by atoms with Crippen molar-refractivity contribution in [3.63, 3.8) is 0 Å². The zero-order valence-electron chi connectivity index (χ0n) is 11.3. The maximum atomic E-state index is 11.8. The van der Waals surface area contributed by atoms with E-state index in [4.69, 9.17) is 0 Å². The zero-order chi connectivity index (χ0) is 14.1. The van der Waals surface area contributed by atoms with Crippen LogP contribution in [-0.4, -0.2) is 38.3 Å². The van der Waals surface area contributed by atoms with E-state index in [0.717, 1.165) is 41.2 Å². The van der Waals surface area contributed by atoms with Gasteiger partial charge in [-0.15, -0.1) is 0 Å². The van der Waals surface area contributed by atoms with Crippen molar-refractivity contribution in [3.8, 4) is 0 Å². The molecular weight excluding hydrogens is 385 g/mol. The molecule has 0 spiro atoms. The van der Waals surface area contributed by atoms with Crippen molar-refractivity contribution in [2.24, 2.45) is 0 Å². The minimum atomic E-state index is -0.697. The molecule has 1 aromatic carbocycles. The molecule has 4 nitrogen and oxygen atoms in total. The van der Waals surface area contributed by atoms with E-state index in [1.54, 1.807) is 6.33 Å². The summed E-state index contributed by atoms with van der Waals surface area (Å²) < 4.78 is 13.0. The smallest absolute Gasteiger partial charge is 0.140 e. The van der Waals surface area contributed by atoms with Crippen molar-refractivity contribution >= 4 is 50.1 Å². The molecule has 20 heavy (non-hydrogen) atoms. The molecule has 1 fully saturated rings. The van der Waals surface area contributed by atoms with E-state index in [0.29, 0.717) is 6.04 Å². The fourth-order valence-corrected chi connectivity index (χ4v) is 4.24. The normalized spacial score (nSPS) is 23.8. The maximum Gasteiger partial charge on any atom is 0.140 e. The van der Waals surface area contributed by atoms with Gasteiger partial charge in [-0.05, 0) is 54.1 Å². The minimum absolute atomic E-state index is 0.359. The molecule has 0 bridgehead atoms. The van der Waals surface area contributed by atoms with E-state index in [1.165, 1.54) is 3.57 Å². The second-order valence-electron chi connectivity index (χ2n) is 5.04. The summed E-state index contributed by atoms with van der Waals surface area (Å²) in [6, 6.07) is 6.57. The van der Waals surface area contributed by atoms with Crippen LogP contribution in [-0.2, 0) is 10.8 Å². The third kappa shape index (κ3) is 2.81. The van der Waals surface area contributed by atoms with Gasteiger partial charge < -0.3 is 4.90 Å². The van der Waals surface area contributed by atoms with Crippen LogP contribution in [0.5, 0.6) is 0 Å². The Morgan fingerprint density at radius 2 is 2.20 bits per heavy atom. The second-order valence-corrected chi connectivity index (χ2v) is 7.98. The molecule has 106 valence electrons. The van der Waals surface area contributed by atoms with Crippen molar-refractivity contribution in [1.82, 2.24) is 9.97 Å². The molecular formula is C14H16IN3OS. The number of benzene rings is 1. The molecule has 0 amide bonds. The summed E-state index contributed by atoms with van der Waals surface area (Å²) in [6.07, 6.45) is 2.57. The first-order chi connectivity index (χ1) is 9.65. The molecule has 6 heteroatoms. The summed E-state index contributed by atoms with van der Waals surface area (Å²) in [5.41, 5.74) is 0.966. The average Bonchev–Trinajstić information content (AvgIpc) is 2.61. The van der Waals surface area contributed by atoms with Crippen LogP contribution in [0.15, 0.2) is 24.5 Å². The summed E-state index contributed by atoms with van der Waals surface area (Å²) in [5.74, 6) is 2.48. The second kappa shape index (κ2) is 5.93. The molecule has 0 radical (unpaired) electrons. The maximum absolute atomic E-state index is 11.8. The number of nitrogens with zero attached hydrogens (tertiary/aromatic N) is 3. The Morgan fingerprint density at radius 3 is 3.05 bits per heavy atom. The van der Waals surface area contributed by atoms with Gasteiger partial charge in [0, 0.05) is 43.8 Å². The van der Waals surface area contributed by atoms with Crippen molar-refractivity contribution in [2.75, 3.05) is 23.0 Å². The number of rotatable bonds is 1. The molecule has 2 atom stereocenters. The van der Waals surface area contributed by atoms with Crippen molar-refractivity contribution in [2.45, 2.75) is 19.4 Å². The fraction of sp³-hybridized carbons (Fsp3) is 0.429. The quantitative estimate of drug-likeness (QED) is 0.690. The molecule has 2 aromatic rings. The zero-order valence-corrected chi connectivity index (χ0v) is 14.2. The van der Waals surface area contributed by atoms with Gasteiger partial charge in [-0.25, -0.2) is 9.97 Å². The minimum Gasteiger partial charge on any atom is -0.352 e. The third-order valence-electron chi connectivity index (χ3n) is 3.70. The monoisotopic (exact) mass is 401 g/mol. The van der Waals surface area contributed by atoms with Gasteiger partial charge >= 0.3 is 0 Å². The van der Waals surface area contributed by atoms with Crippen LogP contribution in [0.4, 0.5) is 5.82 Å². The van der Waals surface area contributed by atoms with Crippen LogP contribution >= 0.6 is 22.6 Å². The number of halogens is 1. The molecule has 2 heterocycles. The number of fused-ring (bicyclic) bond motifs is 1. The summed E-state index contributed by atoms with van der Waals surface area (Å²) in [4.78, 5) is 11.1. The highest BCUT2D eigenvalue weighted by atomic mass is 127. The first kappa shape index (κ1) is 14.2. The van der Waals surface area contributed by atoms with E-state index in [1.807, 2.05) is 6.07 Å². The highest BCUT2D eigenvalue weighted by Crippen LogP contribution is 2.27. The fourth-order valence-electron chi connectivity index (χ4n) is 2.54. The molecule has 0 aliphatic carbocycles. The Labute approximate surface area is 134 Å². The molecule has 0 unspecified atom stereocenters. The van der Waals surface area contributed by atoms with Gasteiger partial charge in [-0.3, -0.25) is 4.21 Å². The first-order valence-electron chi connectivity index (χ1n) is 6.67. The molecule has 0 saturated carbocycles. The van der Waals surface area contributed by atoms with Gasteiger partial charge in [0.15, 0.2) is 0 Å². The van der Waals surface area contributed by atoms with E-state index in [2.05, 4.69) is 56.5 Å². The average molecular weight is 401 g/mol. The van der Waals surface area contributed by atoms with Gasteiger partial charge in [-0.1, -0.05) is 0 Å². The topological polar surface area (TPSA) is 46.1 Å². The largest absolute Gasteiger partial charge is 0.352 e. The lowest BCUT2D eigenvalue weighted by Gasteiger charge is -2.28. The molecule has 1 saturated heterocycles. The summed E-state index contributed by atoms with van der Waals surface area (Å²) in [7, 11) is -0.697. The summed E-state index contributed by atoms with van der Waals surface area (Å²) in [6.45, 7) is 2.98. The van der Waals surface area contributed by atoms with Crippen molar-refractivity contribution < 1.29 is 4.21 Å². The Kier molecular flexibility index (Phi) is 4.21. The lowest BCUT2D eigenvalue weighted by molar-refractivity contribution is 0.639. The molecule has 3 rings (SSSR count). The van der Waals surface area contributed by atoms with E-state index < -0.39 is 10.8 Å². The van der Waals surface area contributed by atoms with Gasteiger partial charge in [0.1, 0.15) is 12.1 Å². The van der Waals surface area contributed by atoms with Gasteiger partial charge in [0.2, 0.25) is 0 Å². The molecule has 1 aliphatic rings. The highest BCUT2D eigenvalue weighted by molar-refractivity contribution is 14.1. The van der Waals surface area contributed by atoms with E-state index in [9.17, 15) is 4.21 Å². The van der Waals surface area contributed by atoms with Crippen LogP contribution in [0.1, 0.15) is 13.3 Å². The number of aromatic nitrogens is 2. The van der Waals surface area contributed by atoms with Crippen molar-refractivity contribution in [1.29, 1.82) is 0 Å². The number of anilines is 1. The van der Waals surface area contributed by atoms with Crippen LogP contribution < -0.4 is 4.90 Å². The lowest BCUT2D eigenvalue weighted by atomic mass is 10.1. The first-order valence-corrected chi connectivity index (χ1v) is 9.24. The predicted molar refractivity (Wildman–Crippen MR) is 91.6 cm³/mol. The highest BCUT2D eigenvalue weighted by Gasteiger charge is 2.22. The van der Waals surface area contributed by atoms with Crippen molar-refractivity contribution in [3.05, 3.63) is 28.1 Å².